The summed E-state index contributed by atoms with van der Waals surface area (Å²) in [5.74, 6) is 0.116. The molecule has 60 valence electrons. The normalized spacial score (nSPS) is 12.2. The minimum Gasteiger partial charge on any atom is -0.332 e. The van der Waals surface area contributed by atoms with Gasteiger partial charge in [-0.25, -0.2) is 9.37 Å². The van der Waals surface area contributed by atoms with Crippen LogP contribution in [0.25, 0.3) is 5.83 Å². The van der Waals surface area contributed by atoms with Crippen molar-refractivity contribution in [2.24, 2.45) is 7.05 Å². The van der Waals surface area contributed by atoms with Gasteiger partial charge in [0.2, 0.25) is 0 Å². The molecule has 1 heterocycles. The van der Waals surface area contributed by atoms with Crippen LogP contribution in [0.5, 0.6) is 0 Å². The van der Waals surface area contributed by atoms with Crippen LogP contribution in [0.2, 0.25) is 0 Å². The lowest BCUT2D eigenvalue weighted by Crippen LogP contribution is -1.92. The van der Waals surface area contributed by atoms with Gasteiger partial charge in [-0.15, -0.1) is 0 Å². The summed E-state index contributed by atoms with van der Waals surface area (Å²) in [4.78, 5) is 4.00. The molecule has 2 nitrogen and oxygen atoms in total. The van der Waals surface area contributed by atoms with Gasteiger partial charge in [-0.05, 0) is 19.9 Å². The topological polar surface area (TPSA) is 17.8 Å². The summed E-state index contributed by atoms with van der Waals surface area (Å²) in [6.07, 6.45) is 3.19. The Labute approximate surface area is 65.4 Å². The first-order valence-corrected chi connectivity index (χ1v) is 3.47. The third-order valence-electron chi connectivity index (χ3n) is 1.46. The van der Waals surface area contributed by atoms with Gasteiger partial charge in [0.05, 0.1) is 5.69 Å². The fraction of sp³-hybridized carbons (Fsp3) is 0.375. The Hall–Kier alpha value is -1.12. The first kappa shape index (κ1) is 7.98. The Bertz CT molecular complexity index is 286. The van der Waals surface area contributed by atoms with Crippen molar-refractivity contribution in [3.05, 3.63) is 23.8 Å². The second-order valence-corrected chi connectivity index (χ2v) is 2.45. The number of hydrogen-bond acceptors (Lipinski definition) is 1. The Morgan fingerprint density at radius 2 is 2.36 bits per heavy atom. The van der Waals surface area contributed by atoms with Gasteiger partial charge in [0.15, 0.2) is 11.7 Å². The van der Waals surface area contributed by atoms with Crippen LogP contribution in [0.3, 0.4) is 0 Å². The van der Waals surface area contributed by atoms with E-state index in [0.29, 0.717) is 5.82 Å². The lowest BCUT2D eigenvalue weighted by Gasteiger charge is -1.95. The van der Waals surface area contributed by atoms with Gasteiger partial charge in [0.25, 0.3) is 0 Å². The first-order valence-electron chi connectivity index (χ1n) is 3.47. The number of halogens is 1. The van der Waals surface area contributed by atoms with Crippen molar-refractivity contribution in [2.75, 3.05) is 0 Å². The van der Waals surface area contributed by atoms with Crippen LogP contribution < -0.4 is 0 Å². The van der Waals surface area contributed by atoms with E-state index in [1.807, 2.05) is 6.92 Å². The standard InChI is InChI=1S/C8H11FN2/c1-4-7(9)8-10-6(2)5-11(8)3/h4-5H,1-3H3/b7-4+. The number of aryl methyl sites for hydroxylation is 2. The number of rotatable bonds is 1. The van der Waals surface area contributed by atoms with Crippen molar-refractivity contribution in [1.82, 2.24) is 9.55 Å². The van der Waals surface area contributed by atoms with E-state index in [0.717, 1.165) is 5.69 Å². The molecule has 0 amide bonds. The third-order valence-corrected chi connectivity index (χ3v) is 1.46. The zero-order chi connectivity index (χ0) is 8.43. The van der Waals surface area contributed by atoms with Crippen LogP contribution in [-0.4, -0.2) is 9.55 Å². The molecule has 3 heteroatoms. The maximum absolute atomic E-state index is 12.9. The van der Waals surface area contributed by atoms with Gasteiger partial charge >= 0.3 is 0 Å². The highest BCUT2D eigenvalue weighted by Gasteiger charge is 2.05. The van der Waals surface area contributed by atoms with E-state index in [-0.39, 0.29) is 5.83 Å². The van der Waals surface area contributed by atoms with Crippen molar-refractivity contribution in [3.63, 3.8) is 0 Å². The fourth-order valence-electron chi connectivity index (χ4n) is 0.967. The van der Waals surface area contributed by atoms with Gasteiger partial charge in [0.1, 0.15) is 0 Å². The van der Waals surface area contributed by atoms with E-state index < -0.39 is 0 Å². The zero-order valence-electron chi connectivity index (χ0n) is 6.93. The van der Waals surface area contributed by atoms with Crippen molar-refractivity contribution < 1.29 is 4.39 Å². The molecule has 0 atom stereocenters. The molecule has 0 aromatic carbocycles. The average molecular weight is 154 g/mol. The van der Waals surface area contributed by atoms with Crippen LogP contribution in [0, 0.1) is 6.92 Å². The van der Waals surface area contributed by atoms with E-state index in [1.54, 1.807) is 24.7 Å². The lowest BCUT2D eigenvalue weighted by atomic mass is 10.4. The predicted octanol–water partition coefficient (Wildman–Crippen LogP) is 2.06. The summed E-state index contributed by atoms with van der Waals surface area (Å²) in [7, 11) is 1.78. The van der Waals surface area contributed by atoms with Crippen LogP contribution >= 0.6 is 0 Å². The number of nitrogens with zero attached hydrogens (tertiary/aromatic N) is 2. The largest absolute Gasteiger partial charge is 0.332 e. The predicted molar refractivity (Wildman–Crippen MR) is 42.7 cm³/mol. The second-order valence-electron chi connectivity index (χ2n) is 2.45. The van der Waals surface area contributed by atoms with Crippen LogP contribution in [0.15, 0.2) is 12.3 Å². The number of hydrogen-bond donors (Lipinski definition) is 0. The minimum atomic E-state index is -0.277. The highest BCUT2D eigenvalue weighted by molar-refractivity contribution is 5.51. The molecule has 0 aliphatic heterocycles. The molecule has 0 N–H and O–H groups in total. The molecule has 1 rings (SSSR count). The molecule has 0 saturated carbocycles. The quantitative estimate of drug-likeness (QED) is 0.605. The number of imidazole rings is 1. The third kappa shape index (κ3) is 1.48. The second kappa shape index (κ2) is 2.86. The highest BCUT2D eigenvalue weighted by Crippen LogP contribution is 2.13. The Balaban J connectivity index is 3.13. The van der Waals surface area contributed by atoms with E-state index >= 15 is 0 Å². The highest BCUT2D eigenvalue weighted by atomic mass is 19.1. The molecular formula is C8H11FN2. The van der Waals surface area contributed by atoms with Gasteiger partial charge < -0.3 is 4.57 Å². The summed E-state index contributed by atoms with van der Waals surface area (Å²) in [6.45, 7) is 3.49. The molecular weight excluding hydrogens is 143 g/mol. The Kier molecular flexibility index (Phi) is 2.08. The monoisotopic (exact) mass is 154 g/mol. The van der Waals surface area contributed by atoms with E-state index in [9.17, 15) is 4.39 Å². The lowest BCUT2D eigenvalue weighted by molar-refractivity contribution is 0.721. The molecule has 0 spiro atoms. The van der Waals surface area contributed by atoms with Crippen molar-refractivity contribution in [1.29, 1.82) is 0 Å². The molecule has 0 radical (unpaired) electrons. The Morgan fingerprint density at radius 1 is 1.73 bits per heavy atom. The molecule has 0 aliphatic rings. The summed E-state index contributed by atoms with van der Waals surface area (Å²) in [5, 5.41) is 0. The molecule has 0 saturated heterocycles. The summed E-state index contributed by atoms with van der Waals surface area (Å²) >= 11 is 0. The average Bonchev–Trinajstić information content (AvgIpc) is 2.28. The van der Waals surface area contributed by atoms with E-state index in [2.05, 4.69) is 4.98 Å². The van der Waals surface area contributed by atoms with Gasteiger partial charge in [-0.1, -0.05) is 0 Å². The smallest absolute Gasteiger partial charge is 0.168 e. The van der Waals surface area contributed by atoms with Crippen LogP contribution in [0.4, 0.5) is 4.39 Å². The molecule has 11 heavy (non-hydrogen) atoms. The van der Waals surface area contributed by atoms with Crippen LogP contribution in [-0.2, 0) is 7.05 Å². The molecule has 0 unspecified atom stereocenters. The van der Waals surface area contributed by atoms with E-state index in [4.69, 9.17) is 0 Å². The maximum Gasteiger partial charge on any atom is 0.168 e. The Morgan fingerprint density at radius 3 is 2.73 bits per heavy atom. The van der Waals surface area contributed by atoms with Crippen molar-refractivity contribution >= 4 is 5.83 Å². The molecule has 0 bridgehead atoms. The minimum absolute atomic E-state index is 0.277. The first-order chi connectivity index (χ1) is 5.15. The van der Waals surface area contributed by atoms with Gasteiger partial charge in [-0.3, -0.25) is 0 Å². The maximum atomic E-state index is 12.9. The van der Waals surface area contributed by atoms with Gasteiger partial charge in [-0.2, -0.15) is 0 Å². The van der Waals surface area contributed by atoms with Gasteiger partial charge in [0, 0.05) is 13.2 Å². The summed E-state index contributed by atoms with van der Waals surface area (Å²) < 4.78 is 14.6. The van der Waals surface area contributed by atoms with E-state index in [1.165, 1.54) is 6.08 Å². The van der Waals surface area contributed by atoms with Crippen molar-refractivity contribution in [2.45, 2.75) is 13.8 Å². The molecule has 1 aromatic rings. The molecule has 1 aromatic heterocycles. The summed E-state index contributed by atoms with van der Waals surface area (Å²) in [5.41, 5.74) is 0.833. The molecule has 0 aliphatic carbocycles. The fourth-order valence-corrected chi connectivity index (χ4v) is 0.967. The number of allylic oxidation sites excluding steroid dienone is 1. The SMILES string of the molecule is C/C=C(/F)c1nc(C)cn1C. The van der Waals surface area contributed by atoms with Crippen molar-refractivity contribution in [3.8, 4) is 0 Å². The van der Waals surface area contributed by atoms with Crippen LogP contribution in [0.1, 0.15) is 18.4 Å². The summed E-state index contributed by atoms with van der Waals surface area (Å²) in [6, 6.07) is 0. The molecule has 0 fully saturated rings. The zero-order valence-corrected chi connectivity index (χ0v) is 6.93. The number of aromatic nitrogens is 2.